The van der Waals surface area contributed by atoms with E-state index in [0.717, 1.165) is 25.1 Å². The maximum atomic E-state index is 6.14. The molecule has 0 saturated heterocycles. The van der Waals surface area contributed by atoms with Gasteiger partial charge in [-0.25, -0.2) is 0 Å². The molecule has 0 spiro atoms. The summed E-state index contributed by atoms with van der Waals surface area (Å²) >= 11 is 0. The van der Waals surface area contributed by atoms with Crippen LogP contribution in [-0.4, -0.2) is 12.6 Å². The van der Waals surface area contributed by atoms with Gasteiger partial charge in [-0.05, 0) is 61.6 Å². The van der Waals surface area contributed by atoms with E-state index in [0.29, 0.717) is 0 Å². The largest absolute Gasteiger partial charge is 0.489 e. The smallest absolute Gasteiger partial charge is 0.120 e. The van der Waals surface area contributed by atoms with Crippen LogP contribution in [-0.2, 0) is 6.42 Å². The van der Waals surface area contributed by atoms with Crippen molar-refractivity contribution >= 4 is 5.69 Å². The second kappa shape index (κ2) is 5.58. The molecule has 1 heterocycles. The van der Waals surface area contributed by atoms with Gasteiger partial charge in [0.2, 0.25) is 0 Å². The highest BCUT2D eigenvalue weighted by Crippen LogP contribution is 2.24. The molecule has 0 aliphatic carbocycles. The predicted octanol–water partition coefficient (Wildman–Crippen LogP) is 4.11. The molecule has 0 amide bonds. The molecule has 1 aliphatic rings. The summed E-state index contributed by atoms with van der Waals surface area (Å²) in [6.07, 6.45) is 2.35. The quantitative estimate of drug-likeness (QED) is 0.884. The summed E-state index contributed by atoms with van der Waals surface area (Å²) in [5.41, 5.74) is 5.23. The van der Waals surface area contributed by atoms with E-state index in [1.165, 1.54) is 22.4 Å². The summed E-state index contributed by atoms with van der Waals surface area (Å²) in [5.74, 6) is 0.978. The Morgan fingerprint density at radius 3 is 2.75 bits per heavy atom. The molecule has 2 nitrogen and oxygen atoms in total. The molecule has 0 fully saturated rings. The normalized spacial score (nSPS) is 17.8. The van der Waals surface area contributed by atoms with E-state index in [-0.39, 0.29) is 6.10 Å². The number of anilines is 1. The molecule has 2 aromatic rings. The van der Waals surface area contributed by atoms with Crippen LogP contribution in [0.3, 0.4) is 0 Å². The molecule has 2 heteroatoms. The van der Waals surface area contributed by atoms with Gasteiger partial charge in [0.15, 0.2) is 0 Å². The average molecular weight is 267 g/mol. The number of hydrogen-bond acceptors (Lipinski definition) is 2. The van der Waals surface area contributed by atoms with Crippen LogP contribution in [0.4, 0.5) is 5.69 Å². The fraction of sp³-hybridized carbons (Fsp3) is 0.333. The molecule has 1 unspecified atom stereocenters. The first-order valence-corrected chi connectivity index (χ1v) is 7.28. The number of para-hydroxylation sites is 1. The van der Waals surface area contributed by atoms with E-state index < -0.39 is 0 Å². The Balaban J connectivity index is 1.69. The van der Waals surface area contributed by atoms with Crippen molar-refractivity contribution in [3.8, 4) is 5.75 Å². The Kier molecular flexibility index (Phi) is 3.64. The van der Waals surface area contributed by atoms with Crippen LogP contribution in [0, 0.1) is 13.8 Å². The molecule has 1 aliphatic heterocycles. The summed E-state index contributed by atoms with van der Waals surface area (Å²) in [7, 11) is 0. The van der Waals surface area contributed by atoms with Crippen LogP contribution in [0.1, 0.15) is 23.1 Å². The first kappa shape index (κ1) is 13.0. The van der Waals surface area contributed by atoms with E-state index in [1.807, 2.05) is 0 Å². The van der Waals surface area contributed by atoms with Gasteiger partial charge in [0.1, 0.15) is 11.9 Å². The van der Waals surface area contributed by atoms with Crippen LogP contribution in [0.15, 0.2) is 42.5 Å². The molecular formula is C18H21NO. The van der Waals surface area contributed by atoms with Crippen LogP contribution < -0.4 is 10.1 Å². The Morgan fingerprint density at radius 1 is 1.05 bits per heavy atom. The zero-order valence-corrected chi connectivity index (χ0v) is 12.1. The first-order chi connectivity index (χ1) is 9.72. The number of ether oxygens (including phenoxy) is 1. The lowest BCUT2D eigenvalue weighted by molar-refractivity contribution is 0.206. The lowest BCUT2D eigenvalue weighted by atomic mass is 10.1. The summed E-state index contributed by atoms with van der Waals surface area (Å²) in [4.78, 5) is 0. The number of hydrogen-bond donors (Lipinski definition) is 1. The van der Waals surface area contributed by atoms with E-state index in [4.69, 9.17) is 4.74 Å². The molecule has 2 aromatic carbocycles. The van der Waals surface area contributed by atoms with Crippen LogP contribution in [0.5, 0.6) is 5.75 Å². The van der Waals surface area contributed by atoms with Crippen LogP contribution in [0.2, 0.25) is 0 Å². The van der Waals surface area contributed by atoms with Gasteiger partial charge in [0.05, 0.1) is 6.54 Å². The second-order valence-electron chi connectivity index (χ2n) is 5.56. The summed E-state index contributed by atoms with van der Waals surface area (Å²) < 4.78 is 6.14. The highest BCUT2D eigenvalue weighted by atomic mass is 16.5. The van der Waals surface area contributed by atoms with Crippen LogP contribution in [0.25, 0.3) is 0 Å². The monoisotopic (exact) mass is 267 g/mol. The van der Waals surface area contributed by atoms with Crippen molar-refractivity contribution in [3.05, 3.63) is 59.2 Å². The minimum atomic E-state index is 0.226. The summed E-state index contributed by atoms with van der Waals surface area (Å²) in [6.45, 7) is 5.12. The van der Waals surface area contributed by atoms with E-state index in [1.54, 1.807) is 0 Å². The van der Waals surface area contributed by atoms with Gasteiger partial charge in [-0.2, -0.15) is 0 Å². The highest BCUT2D eigenvalue weighted by Gasteiger charge is 2.16. The van der Waals surface area contributed by atoms with Crippen molar-refractivity contribution < 1.29 is 4.74 Å². The van der Waals surface area contributed by atoms with Crippen molar-refractivity contribution in [3.63, 3.8) is 0 Å². The topological polar surface area (TPSA) is 21.3 Å². The first-order valence-electron chi connectivity index (χ1n) is 7.28. The zero-order chi connectivity index (χ0) is 13.9. The van der Waals surface area contributed by atoms with Crippen molar-refractivity contribution in [2.45, 2.75) is 32.8 Å². The minimum absolute atomic E-state index is 0.226. The third-order valence-electron chi connectivity index (χ3n) is 4.05. The maximum Gasteiger partial charge on any atom is 0.120 e. The SMILES string of the molecule is Cc1ccc(OC2CCc3ccccc3NC2)cc1C. The lowest BCUT2D eigenvalue weighted by Crippen LogP contribution is -2.24. The van der Waals surface area contributed by atoms with Crippen LogP contribution >= 0.6 is 0 Å². The van der Waals surface area contributed by atoms with Gasteiger partial charge >= 0.3 is 0 Å². The van der Waals surface area contributed by atoms with Crippen molar-refractivity contribution in [2.75, 3.05) is 11.9 Å². The Labute approximate surface area is 120 Å². The summed E-state index contributed by atoms with van der Waals surface area (Å²) in [6, 6.07) is 14.9. The standard InChI is InChI=1S/C18H21NO/c1-13-7-9-16(11-14(13)2)20-17-10-8-15-5-3-4-6-18(15)19-12-17/h3-7,9,11,17,19H,8,10,12H2,1-2H3. The van der Waals surface area contributed by atoms with Gasteiger partial charge in [-0.15, -0.1) is 0 Å². The molecular weight excluding hydrogens is 246 g/mol. The highest BCUT2D eigenvalue weighted by molar-refractivity contribution is 5.52. The lowest BCUT2D eigenvalue weighted by Gasteiger charge is -2.18. The Hall–Kier alpha value is -1.96. The molecule has 0 saturated carbocycles. The van der Waals surface area contributed by atoms with E-state index >= 15 is 0 Å². The maximum absolute atomic E-state index is 6.14. The fourth-order valence-corrected chi connectivity index (χ4v) is 2.63. The molecule has 0 radical (unpaired) electrons. The van der Waals surface area contributed by atoms with Gasteiger partial charge in [-0.1, -0.05) is 24.3 Å². The van der Waals surface area contributed by atoms with Crippen molar-refractivity contribution in [1.82, 2.24) is 0 Å². The minimum Gasteiger partial charge on any atom is -0.489 e. The average Bonchev–Trinajstić information content (AvgIpc) is 2.66. The predicted molar refractivity (Wildman–Crippen MR) is 83.6 cm³/mol. The van der Waals surface area contributed by atoms with Gasteiger partial charge in [0.25, 0.3) is 0 Å². The zero-order valence-electron chi connectivity index (χ0n) is 12.1. The Bertz CT molecular complexity index is 579. The molecule has 1 atom stereocenters. The van der Waals surface area contributed by atoms with Gasteiger partial charge in [0, 0.05) is 5.69 Å². The molecule has 3 rings (SSSR count). The molecule has 104 valence electrons. The molecule has 0 aromatic heterocycles. The number of nitrogens with one attached hydrogen (secondary N) is 1. The van der Waals surface area contributed by atoms with Crippen molar-refractivity contribution in [2.24, 2.45) is 0 Å². The van der Waals surface area contributed by atoms with Gasteiger partial charge in [-0.3, -0.25) is 0 Å². The Morgan fingerprint density at radius 2 is 1.90 bits per heavy atom. The number of benzene rings is 2. The number of aryl methyl sites for hydroxylation is 3. The third kappa shape index (κ3) is 2.79. The molecule has 20 heavy (non-hydrogen) atoms. The molecule has 1 N–H and O–H groups in total. The number of rotatable bonds is 2. The second-order valence-corrected chi connectivity index (χ2v) is 5.56. The van der Waals surface area contributed by atoms with E-state index in [9.17, 15) is 0 Å². The third-order valence-corrected chi connectivity index (χ3v) is 4.05. The van der Waals surface area contributed by atoms with Gasteiger partial charge < -0.3 is 10.1 Å². The van der Waals surface area contributed by atoms with E-state index in [2.05, 4.69) is 61.6 Å². The fourth-order valence-electron chi connectivity index (χ4n) is 2.63. The molecule has 0 bridgehead atoms. The number of fused-ring (bicyclic) bond motifs is 1. The summed E-state index contributed by atoms with van der Waals surface area (Å²) in [5, 5.41) is 3.50. The van der Waals surface area contributed by atoms with Crippen molar-refractivity contribution in [1.29, 1.82) is 0 Å².